The van der Waals surface area contributed by atoms with Crippen LogP contribution in [-0.4, -0.2) is 0 Å². The van der Waals surface area contributed by atoms with Gasteiger partial charge < -0.3 is 0 Å². The zero-order valence-electron chi connectivity index (χ0n) is 8.08. The maximum Gasteiger partial charge on any atom is 0.0474 e. The molecule has 0 saturated heterocycles. The second-order valence-corrected chi connectivity index (χ2v) is 4.44. The second kappa shape index (κ2) is 4.82. The zero-order chi connectivity index (χ0) is 10.7. The molecule has 0 fully saturated rings. The number of alkyl halides is 1. The number of halogens is 2. The van der Waals surface area contributed by atoms with Crippen LogP contribution in [0.1, 0.15) is 5.56 Å². The summed E-state index contributed by atoms with van der Waals surface area (Å²) in [5, 5.41) is 0. The SMILES string of the molecule is ClCc1cccc(-c2ccccc2Br)c1. The van der Waals surface area contributed by atoms with Gasteiger partial charge in [0, 0.05) is 10.4 Å². The average Bonchev–Trinajstić information content (AvgIpc) is 2.30. The molecule has 0 radical (unpaired) electrons. The van der Waals surface area contributed by atoms with Gasteiger partial charge in [0.25, 0.3) is 0 Å². The van der Waals surface area contributed by atoms with Crippen LogP contribution in [0.25, 0.3) is 11.1 Å². The molecular weight excluding hydrogens is 271 g/mol. The maximum atomic E-state index is 5.81. The molecule has 2 aromatic carbocycles. The summed E-state index contributed by atoms with van der Waals surface area (Å²) in [6.45, 7) is 0. The molecule has 0 aromatic heterocycles. The van der Waals surface area contributed by atoms with Gasteiger partial charge in [0.05, 0.1) is 0 Å². The fourth-order valence-electron chi connectivity index (χ4n) is 1.52. The van der Waals surface area contributed by atoms with Crippen LogP contribution in [0, 0.1) is 0 Å². The Morgan fingerprint density at radius 3 is 2.53 bits per heavy atom. The highest BCUT2D eigenvalue weighted by atomic mass is 79.9. The number of rotatable bonds is 2. The van der Waals surface area contributed by atoms with Crippen molar-refractivity contribution in [2.75, 3.05) is 0 Å². The Morgan fingerprint density at radius 1 is 1.00 bits per heavy atom. The lowest BCUT2D eigenvalue weighted by atomic mass is 10.0. The van der Waals surface area contributed by atoms with Gasteiger partial charge >= 0.3 is 0 Å². The molecule has 0 spiro atoms. The summed E-state index contributed by atoms with van der Waals surface area (Å²) in [6.07, 6.45) is 0. The zero-order valence-corrected chi connectivity index (χ0v) is 10.4. The maximum absolute atomic E-state index is 5.81. The van der Waals surface area contributed by atoms with E-state index in [0.29, 0.717) is 5.88 Å². The minimum atomic E-state index is 0.554. The van der Waals surface area contributed by atoms with Gasteiger partial charge in [-0.15, -0.1) is 11.6 Å². The van der Waals surface area contributed by atoms with Crippen molar-refractivity contribution in [2.24, 2.45) is 0 Å². The molecule has 0 bridgehead atoms. The Morgan fingerprint density at radius 2 is 1.80 bits per heavy atom. The van der Waals surface area contributed by atoms with Gasteiger partial charge in [0.1, 0.15) is 0 Å². The van der Waals surface area contributed by atoms with Crippen LogP contribution in [0.5, 0.6) is 0 Å². The standard InChI is InChI=1S/C13H10BrCl/c14-13-7-2-1-6-12(13)11-5-3-4-10(8-11)9-15/h1-8H,9H2. The number of hydrogen-bond donors (Lipinski definition) is 0. The van der Waals surface area contributed by atoms with E-state index in [2.05, 4.69) is 34.1 Å². The third kappa shape index (κ3) is 2.42. The van der Waals surface area contributed by atoms with Crippen molar-refractivity contribution in [2.45, 2.75) is 5.88 Å². The van der Waals surface area contributed by atoms with Gasteiger partial charge in [-0.05, 0) is 28.8 Å². The van der Waals surface area contributed by atoms with Gasteiger partial charge in [0.2, 0.25) is 0 Å². The Hall–Kier alpha value is -0.790. The van der Waals surface area contributed by atoms with Crippen LogP contribution in [0.15, 0.2) is 53.0 Å². The molecule has 0 unspecified atom stereocenters. The van der Waals surface area contributed by atoms with E-state index in [4.69, 9.17) is 11.6 Å². The summed E-state index contributed by atoms with van der Waals surface area (Å²) < 4.78 is 1.11. The molecule has 0 aliphatic rings. The highest BCUT2D eigenvalue weighted by molar-refractivity contribution is 9.10. The monoisotopic (exact) mass is 280 g/mol. The summed E-state index contributed by atoms with van der Waals surface area (Å²) >= 11 is 9.36. The van der Waals surface area contributed by atoms with Crippen molar-refractivity contribution in [1.29, 1.82) is 0 Å². The molecule has 0 saturated carbocycles. The molecule has 0 N–H and O–H groups in total. The topological polar surface area (TPSA) is 0 Å². The first kappa shape index (κ1) is 10.7. The molecule has 2 rings (SSSR count). The van der Waals surface area contributed by atoms with E-state index in [1.54, 1.807) is 0 Å². The van der Waals surface area contributed by atoms with E-state index in [1.807, 2.05) is 30.3 Å². The Bertz CT molecular complexity index is 466. The predicted molar refractivity (Wildman–Crippen MR) is 69.1 cm³/mol. The van der Waals surface area contributed by atoms with Crippen LogP contribution in [-0.2, 0) is 5.88 Å². The van der Waals surface area contributed by atoms with E-state index in [1.165, 1.54) is 11.1 Å². The smallest absolute Gasteiger partial charge is 0.0474 e. The largest absolute Gasteiger partial charge is 0.122 e. The van der Waals surface area contributed by atoms with E-state index in [9.17, 15) is 0 Å². The lowest BCUT2D eigenvalue weighted by Crippen LogP contribution is -1.82. The first-order valence-corrected chi connectivity index (χ1v) is 6.04. The molecule has 0 aliphatic carbocycles. The van der Waals surface area contributed by atoms with Gasteiger partial charge in [0.15, 0.2) is 0 Å². The van der Waals surface area contributed by atoms with Gasteiger partial charge in [-0.25, -0.2) is 0 Å². The molecule has 2 aromatic rings. The Labute approximate surface area is 103 Å². The molecule has 0 amide bonds. The summed E-state index contributed by atoms with van der Waals surface area (Å²) in [4.78, 5) is 0. The minimum absolute atomic E-state index is 0.554. The van der Waals surface area contributed by atoms with E-state index in [0.717, 1.165) is 10.0 Å². The van der Waals surface area contributed by atoms with Gasteiger partial charge in [-0.2, -0.15) is 0 Å². The highest BCUT2D eigenvalue weighted by Crippen LogP contribution is 2.28. The van der Waals surface area contributed by atoms with Gasteiger partial charge in [-0.1, -0.05) is 52.3 Å². The van der Waals surface area contributed by atoms with Crippen molar-refractivity contribution >= 4 is 27.5 Å². The van der Waals surface area contributed by atoms with Crippen LogP contribution in [0.3, 0.4) is 0 Å². The fraction of sp³-hybridized carbons (Fsp3) is 0.0769. The van der Waals surface area contributed by atoms with Crippen molar-refractivity contribution in [3.8, 4) is 11.1 Å². The third-order valence-corrected chi connectivity index (χ3v) is 3.27. The Balaban J connectivity index is 2.49. The summed E-state index contributed by atoms with van der Waals surface area (Å²) in [5.74, 6) is 0.554. The minimum Gasteiger partial charge on any atom is -0.122 e. The average molecular weight is 282 g/mol. The highest BCUT2D eigenvalue weighted by Gasteiger charge is 2.02. The normalized spacial score (nSPS) is 10.3. The fourth-order valence-corrected chi connectivity index (χ4v) is 2.20. The van der Waals surface area contributed by atoms with Crippen molar-refractivity contribution < 1.29 is 0 Å². The first-order chi connectivity index (χ1) is 7.31. The molecule has 0 aliphatic heterocycles. The summed E-state index contributed by atoms with van der Waals surface area (Å²) in [5.41, 5.74) is 3.54. The van der Waals surface area contributed by atoms with Crippen LogP contribution < -0.4 is 0 Å². The summed E-state index contributed by atoms with van der Waals surface area (Å²) in [6, 6.07) is 16.5. The quantitative estimate of drug-likeness (QED) is 0.690. The van der Waals surface area contributed by atoms with Crippen molar-refractivity contribution in [1.82, 2.24) is 0 Å². The number of hydrogen-bond acceptors (Lipinski definition) is 0. The molecule has 15 heavy (non-hydrogen) atoms. The molecule has 2 heteroatoms. The van der Waals surface area contributed by atoms with E-state index in [-0.39, 0.29) is 0 Å². The third-order valence-electron chi connectivity index (χ3n) is 2.27. The molecule has 76 valence electrons. The Kier molecular flexibility index (Phi) is 3.45. The first-order valence-electron chi connectivity index (χ1n) is 4.71. The molecule has 0 nitrogen and oxygen atoms in total. The molecular formula is C13H10BrCl. The molecule has 0 heterocycles. The summed E-state index contributed by atoms with van der Waals surface area (Å²) in [7, 11) is 0. The van der Waals surface area contributed by atoms with Crippen LogP contribution in [0.2, 0.25) is 0 Å². The predicted octanol–water partition coefficient (Wildman–Crippen LogP) is 4.85. The van der Waals surface area contributed by atoms with E-state index < -0.39 is 0 Å². The van der Waals surface area contributed by atoms with Crippen molar-refractivity contribution in [3.05, 3.63) is 58.6 Å². The van der Waals surface area contributed by atoms with Crippen LogP contribution >= 0.6 is 27.5 Å². The van der Waals surface area contributed by atoms with Crippen LogP contribution in [0.4, 0.5) is 0 Å². The lowest BCUT2D eigenvalue weighted by Gasteiger charge is -2.05. The number of benzene rings is 2. The van der Waals surface area contributed by atoms with Gasteiger partial charge in [-0.3, -0.25) is 0 Å². The molecule has 0 atom stereocenters. The second-order valence-electron chi connectivity index (χ2n) is 3.31. The van der Waals surface area contributed by atoms with E-state index >= 15 is 0 Å². The lowest BCUT2D eigenvalue weighted by molar-refractivity contribution is 1.40. The van der Waals surface area contributed by atoms with Crippen molar-refractivity contribution in [3.63, 3.8) is 0 Å².